The van der Waals surface area contributed by atoms with Crippen LogP contribution >= 0.6 is 11.8 Å². The number of likely N-dealkylation sites (N-methyl/N-ethyl adjacent to an activating group) is 1. The van der Waals surface area contributed by atoms with Gasteiger partial charge in [0.25, 0.3) is 0 Å². The molecule has 1 saturated heterocycles. The fourth-order valence-electron chi connectivity index (χ4n) is 4.34. The number of carbonyl (C=O) groups excluding carboxylic acids is 1. The molecule has 0 spiro atoms. The Hall–Kier alpha value is -2.91. The van der Waals surface area contributed by atoms with E-state index in [0.717, 1.165) is 71.6 Å². The molecule has 2 aliphatic rings. The number of carbonyl (C=O) groups is 1. The molecule has 1 atom stereocenters. The van der Waals surface area contributed by atoms with Crippen LogP contribution in [0.2, 0.25) is 0 Å². The highest BCUT2D eigenvalue weighted by Crippen LogP contribution is 2.34. The molecule has 1 aliphatic carbocycles. The van der Waals surface area contributed by atoms with Crippen LogP contribution in [0.4, 0.5) is 17.5 Å². The number of nitrogens with zero attached hydrogens (tertiary/aromatic N) is 5. The predicted molar refractivity (Wildman–Crippen MR) is 140 cm³/mol. The van der Waals surface area contributed by atoms with Crippen molar-refractivity contribution in [1.82, 2.24) is 25.1 Å². The maximum absolute atomic E-state index is 12.2. The number of aryl methyl sites for hydroxylation is 1. The van der Waals surface area contributed by atoms with Gasteiger partial charge in [-0.05, 0) is 70.1 Å². The molecule has 1 saturated carbocycles. The Labute approximate surface area is 210 Å². The van der Waals surface area contributed by atoms with Crippen LogP contribution in [-0.2, 0) is 11.2 Å². The summed E-state index contributed by atoms with van der Waals surface area (Å²) in [6, 6.07) is 10.6. The smallest absolute Gasteiger partial charge is 0.196 e. The summed E-state index contributed by atoms with van der Waals surface area (Å²) in [5.41, 5.74) is 3.07. The Morgan fingerprint density at radius 1 is 1.17 bits per heavy atom. The number of aromatic nitrogens is 4. The van der Waals surface area contributed by atoms with E-state index in [1.165, 1.54) is 11.8 Å². The summed E-state index contributed by atoms with van der Waals surface area (Å²) >= 11 is 1.54. The minimum atomic E-state index is 0.296. The number of piperazine rings is 1. The standard InChI is InChI=1S/C26H33N7OS/c1-16-13-23(31-30-16)27-24-18(3)25(33-12-11-32(4)17(2)15-33)29-26(28-24)35-21-9-5-19(6-10-21)14-22(34)20-7-8-20/h5-6,9-10,13,17,20H,7-8,11-12,14-15H2,1-4H3,(H2,27,28,29,30,31). The van der Waals surface area contributed by atoms with E-state index >= 15 is 0 Å². The highest BCUT2D eigenvalue weighted by atomic mass is 32.2. The summed E-state index contributed by atoms with van der Waals surface area (Å²) in [6.45, 7) is 9.14. The molecule has 1 unspecified atom stereocenters. The molecule has 2 aromatic heterocycles. The first-order valence-electron chi connectivity index (χ1n) is 12.3. The minimum Gasteiger partial charge on any atom is -0.353 e. The summed E-state index contributed by atoms with van der Waals surface area (Å²) < 4.78 is 0. The Morgan fingerprint density at radius 3 is 2.60 bits per heavy atom. The van der Waals surface area contributed by atoms with Crippen molar-refractivity contribution in [3.05, 3.63) is 47.2 Å². The van der Waals surface area contributed by atoms with Crippen molar-refractivity contribution in [1.29, 1.82) is 0 Å². The second kappa shape index (κ2) is 9.99. The molecule has 2 N–H and O–H groups in total. The molecule has 8 nitrogen and oxygen atoms in total. The lowest BCUT2D eigenvalue weighted by Gasteiger charge is -2.39. The molecule has 35 heavy (non-hydrogen) atoms. The molecule has 0 radical (unpaired) electrons. The molecule has 9 heteroatoms. The van der Waals surface area contributed by atoms with Gasteiger partial charge < -0.3 is 15.1 Å². The normalized spacial score (nSPS) is 18.6. The third kappa shape index (κ3) is 5.67. The van der Waals surface area contributed by atoms with Gasteiger partial charge >= 0.3 is 0 Å². The van der Waals surface area contributed by atoms with Gasteiger partial charge in [-0.15, -0.1) is 0 Å². The van der Waals surface area contributed by atoms with Gasteiger partial charge in [0, 0.05) is 60.2 Å². The quantitative estimate of drug-likeness (QED) is 0.449. The highest BCUT2D eigenvalue weighted by Gasteiger charge is 2.29. The third-order valence-corrected chi connectivity index (χ3v) is 7.73. The molecule has 0 bridgehead atoms. The monoisotopic (exact) mass is 491 g/mol. The van der Waals surface area contributed by atoms with Crippen molar-refractivity contribution in [2.45, 2.75) is 56.1 Å². The van der Waals surface area contributed by atoms with Crippen molar-refractivity contribution in [2.24, 2.45) is 5.92 Å². The number of ketones is 1. The Morgan fingerprint density at radius 2 is 1.94 bits per heavy atom. The van der Waals surface area contributed by atoms with Gasteiger partial charge in [-0.1, -0.05) is 12.1 Å². The van der Waals surface area contributed by atoms with E-state index in [-0.39, 0.29) is 0 Å². The number of anilines is 3. The van der Waals surface area contributed by atoms with E-state index in [1.54, 1.807) is 0 Å². The van der Waals surface area contributed by atoms with E-state index < -0.39 is 0 Å². The summed E-state index contributed by atoms with van der Waals surface area (Å²) in [5, 5.41) is 11.4. The largest absolute Gasteiger partial charge is 0.353 e. The predicted octanol–water partition coefficient (Wildman–Crippen LogP) is 4.37. The van der Waals surface area contributed by atoms with Crippen LogP contribution in [0.15, 0.2) is 40.4 Å². The third-order valence-electron chi connectivity index (χ3n) is 6.85. The van der Waals surface area contributed by atoms with Crippen molar-refractivity contribution >= 4 is 35.0 Å². The van der Waals surface area contributed by atoms with Crippen LogP contribution in [0, 0.1) is 19.8 Å². The number of H-pyrrole nitrogens is 1. The van der Waals surface area contributed by atoms with Gasteiger partial charge in [0.1, 0.15) is 17.4 Å². The first-order valence-corrected chi connectivity index (χ1v) is 13.1. The van der Waals surface area contributed by atoms with E-state index in [4.69, 9.17) is 9.97 Å². The van der Waals surface area contributed by atoms with Crippen molar-refractivity contribution in [3.63, 3.8) is 0 Å². The lowest BCUT2D eigenvalue weighted by molar-refractivity contribution is -0.119. The van der Waals surface area contributed by atoms with E-state index in [2.05, 4.69) is 58.3 Å². The first kappa shape index (κ1) is 23.8. The number of nitrogens with one attached hydrogen (secondary N) is 2. The lowest BCUT2D eigenvalue weighted by atomic mass is 10.1. The number of aromatic amines is 1. The molecule has 3 heterocycles. The molecular weight excluding hydrogens is 458 g/mol. The van der Waals surface area contributed by atoms with E-state index in [1.807, 2.05) is 25.1 Å². The van der Waals surface area contributed by atoms with E-state index in [0.29, 0.717) is 29.3 Å². The average Bonchev–Trinajstić information content (AvgIpc) is 3.61. The second-order valence-electron chi connectivity index (χ2n) is 9.80. The fourth-order valence-corrected chi connectivity index (χ4v) is 5.09. The zero-order valence-corrected chi connectivity index (χ0v) is 21.7. The number of Topliss-reactive ketones (excluding diaryl/α,β-unsaturated/α-hetero) is 1. The maximum atomic E-state index is 12.2. The van der Waals surface area contributed by atoms with Crippen LogP contribution in [0.25, 0.3) is 0 Å². The van der Waals surface area contributed by atoms with Gasteiger partial charge in [0.15, 0.2) is 11.0 Å². The number of benzene rings is 1. The second-order valence-corrected chi connectivity index (χ2v) is 10.8. The topological polar surface area (TPSA) is 90.0 Å². The summed E-state index contributed by atoms with van der Waals surface area (Å²) in [7, 11) is 2.17. The molecular formula is C26H33N7OS. The van der Waals surface area contributed by atoms with Gasteiger partial charge in [0.2, 0.25) is 0 Å². The zero-order chi connectivity index (χ0) is 24.5. The van der Waals surface area contributed by atoms with Crippen molar-refractivity contribution in [3.8, 4) is 0 Å². The molecule has 0 amide bonds. The number of hydrogen-bond acceptors (Lipinski definition) is 8. The van der Waals surface area contributed by atoms with Crippen molar-refractivity contribution in [2.75, 3.05) is 36.9 Å². The molecule has 184 valence electrons. The maximum Gasteiger partial charge on any atom is 0.196 e. The van der Waals surface area contributed by atoms with Crippen LogP contribution in [0.1, 0.15) is 36.6 Å². The number of hydrogen-bond donors (Lipinski definition) is 2. The Bertz CT molecular complexity index is 1200. The zero-order valence-electron chi connectivity index (χ0n) is 20.8. The Kier molecular flexibility index (Phi) is 6.80. The molecule has 1 aliphatic heterocycles. The summed E-state index contributed by atoms with van der Waals surface area (Å²) in [5.74, 6) is 3.13. The first-order chi connectivity index (χ1) is 16.9. The van der Waals surface area contributed by atoms with Crippen LogP contribution in [0.5, 0.6) is 0 Å². The van der Waals surface area contributed by atoms with Gasteiger partial charge in [-0.25, -0.2) is 9.97 Å². The molecule has 5 rings (SSSR count). The molecule has 1 aromatic carbocycles. The lowest BCUT2D eigenvalue weighted by Crippen LogP contribution is -2.50. The highest BCUT2D eigenvalue weighted by molar-refractivity contribution is 7.99. The molecule has 2 fully saturated rings. The summed E-state index contributed by atoms with van der Waals surface area (Å²) in [4.78, 5) is 27.8. The van der Waals surface area contributed by atoms with Gasteiger partial charge in [-0.3, -0.25) is 9.89 Å². The molecule has 3 aromatic rings. The SMILES string of the molecule is Cc1cc(Nc2nc(Sc3ccc(CC(=O)C4CC4)cc3)nc(N3CCN(C)C(C)C3)c2C)n[nH]1. The Balaban J connectivity index is 1.40. The van der Waals surface area contributed by atoms with Crippen molar-refractivity contribution < 1.29 is 4.79 Å². The van der Waals surface area contributed by atoms with Crippen LogP contribution in [-0.4, -0.2) is 63.6 Å². The fraction of sp³-hybridized carbons (Fsp3) is 0.462. The van der Waals surface area contributed by atoms with E-state index in [9.17, 15) is 4.79 Å². The number of rotatable bonds is 8. The summed E-state index contributed by atoms with van der Waals surface area (Å²) in [6.07, 6.45) is 2.64. The van der Waals surface area contributed by atoms with Crippen LogP contribution < -0.4 is 10.2 Å². The minimum absolute atomic E-state index is 0.296. The average molecular weight is 492 g/mol. The van der Waals surface area contributed by atoms with Gasteiger partial charge in [0.05, 0.1) is 0 Å². The van der Waals surface area contributed by atoms with Crippen LogP contribution in [0.3, 0.4) is 0 Å². The van der Waals surface area contributed by atoms with Gasteiger partial charge in [-0.2, -0.15) is 5.10 Å².